The number of carbonyl (C=O) groups excluding carboxylic acids is 1. The predicted molar refractivity (Wildman–Crippen MR) is 76.6 cm³/mol. The van der Waals surface area contributed by atoms with Crippen molar-refractivity contribution in [2.24, 2.45) is 0 Å². The van der Waals surface area contributed by atoms with Crippen molar-refractivity contribution in [3.63, 3.8) is 0 Å². The molecule has 8 heteroatoms. The largest absolute Gasteiger partial charge is 0.444 e. The van der Waals surface area contributed by atoms with E-state index in [0.29, 0.717) is 12.4 Å². The molecule has 0 aliphatic carbocycles. The fourth-order valence-corrected chi connectivity index (χ4v) is 2.39. The minimum absolute atomic E-state index is 0.00710. The average molecular weight is 296 g/mol. The molecule has 1 aliphatic rings. The van der Waals surface area contributed by atoms with Crippen LogP contribution in [-0.2, 0) is 4.74 Å². The second-order valence-electron chi connectivity index (χ2n) is 6.42. The molecule has 0 aromatic carbocycles. The lowest BCUT2D eigenvalue weighted by Crippen LogP contribution is -2.49. The van der Waals surface area contributed by atoms with Gasteiger partial charge in [0.2, 0.25) is 0 Å². The third kappa shape index (κ3) is 4.66. The van der Waals surface area contributed by atoms with Crippen molar-refractivity contribution in [3.05, 3.63) is 5.82 Å². The minimum Gasteiger partial charge on any atom is -0.444 e. The van der Waals surface area contributed by atoms with E-state index in [1.54, 1.807) is 4.90 Å². The Morgan fingerprint density at radius 2 is 2.29 bits per heavy atom. The van der Waals surface area contributed by atoms with Gasteiger partial charge in [0.25, 0.3) is 0 Å². The molecule has 1 fully saturated rings. The summed E-state index contributed by atoms with van der Waals surface area (Å²) in [5.41, 5.74) is -0.463. The highest BCUT2D eigenvalue weighted by Crippen LogP contribution is 2.17. The molecule has 1 aliphatic heterocycles. The molecule has 0 saturated carbocycles. The van der Waals surface area contributed by atoms with E-state index in [0.717, 1.165) is 19.4 Å². The predicted octanol–water partition coefficient (Wildman–Crippen LogP) is 1.25. The maximum Gasteiger partial charge on any atom is 0.410 e. The second kappa shape index (κ2) is 6.38. The molecule has 2 N–H and O–H groups in total. The fraction of sp³-hybridized carbons (Fsp3) is 0.846. The summed E-state index contributed by atoms with van der Waals surface area (Å²) in [5.74, 6) is 0.629. The summed E-state index contributed by atoms with van der Waals surface area (Å²) in [6, 6.07) is 0.201. The van der Waals surface area contributed by atoms with Crippen LogP contribution in [-0.4, -0.2) is 56.3 Å². The summed E-state index contributed by atoms with van der Waals surface area (Å²) >= 11 is 0. The van der Waals surface area contributed by atoms with Gasteiger partial charge in [-0.3, -0.25) is 0 Å². The van der Waals surface area contributed by atoms with Crippen LogP contribution in [0, 0.1) is 0 Å². The second-order valence-corrected chi connectivity index (χ2v) is 6.42. The van der Waals surface area contributed by atoms with E-state index < -0.39 is 5.60 Å². The Morgan fingerprint density at radius 3 is 2.90 bits per heavy atom. The van der Waals surface area contributed by atoms with Crippen LogP contribution in [0.3, 0.4) is 0 Å². The van der Waals surface area contributed by atoms with Crippen LogP contribution in [0.4, 0.5) is 4.79 Å². The van der Waals surface area contributed by atoms with Gasteiger partial charge in [0.05, 0.1) is 6.04 Å². The summed E-state index contributed by atoms with van der Waals surface area (Å²) in [7, 11) is 0. The number of hydrogen-bond donors (Lipinski definition) is 2. The van der Waals surface area contributed by atoms with E-state index in [9.17, 15) is 4.79 Å². The molecule has 1 aromatic heterocycles. The SMILES string of the molecule is CC(NC1CCCN(C(=O)OC(C)(C)C)C1)c1nn[nH]n1. The summed E-state index contributed by atoms with van der Waals surface area (Å²) < 4.78 is 5.42. The molecular weight excluding hydrogens is 272 g/mol. The molecular formula is C13H24N6O2. The van der Waals surface area contributed by atoms with E-state index in [1.165, 1.54) is 0 Å². The van der Waals surface area contributed by atoms with Gasteiger partial charge in [-0.2, -0.15) is 5.21 Å². The number of tetrazole rings is 1. The molecule has 1 aromatic rings. The molecule has 0 radical (unpaired) electrons. The zero-order chi connectivity index (χ0) is 15.5. The lowest BCUT2D eigenvalue weighted by Gasteiger charge is -2.35. The molecule has 2 rings (SSSR count). The number of carbonyl (C=O) groups is 1. The van der Waals surface area contributed by atoms with E-state index in [2.05, 4.69) is 25.9 Å². The van der Waals surface area contributed by atoms with Crippen LogP contribution in [0.15, 0.2) is 0 Å². The third-order valence-corrected chi connectivity index (χ3v) is 3.31. The first-order chi connectivity index (χ1) is 9.85. The van der Waals surface area contributed by atoms with Crippen molar-refractivity contribution in [2.45, 2.75) is 58.2 Å². The van der Waals surface area contributed by atoms with E-state index in [4.69, 9.17) is 4.74 Å². The highest BCUT2D eigenvalue weighted by molar-refractivity contribution is 5.68. The topological polar surface area (TPSA) is 96.0 Å². The van der Waals surface area contributed by atoms with Crippen molar-refractivity contribution >= 4 is 6.09 Å². The van der Waals surface area contributed by atoms with Gasteiger partial charge in [-0.1, -0.05) is 5.21 Å². The first-order valence-corrected chi connectivity index (χ1v) is 7.32. The van der Waals surface area contributed by atoms with Crippen LogP contribution >= 0.6 is 0 Å². The van der Waals surface area contributed by atoms with Crippen LogP contribution < -0.4 is 5.32 Å². The van der Waals surface area contributed by atoms with Crippen LogP contribution in [0.5, 0.6) is 0 Å². The molecule has 21 heavy (non-hydrogen) atoms. The number of amides is 1. The normalized spacial score (nSPS) is 21.1. The minimum atomic E-state index is -0.463. The molecule has 1 amide bonds. The molecule has 2 atom stereocenters. The first-order valence-electron chi connectivity index (χ1n) is 7.32. The number of aromatic amines is 1. The lowest BCUT2D eigenvalue weighted by atomic mass is 10.1. The highest BCUT2D eigenvalue weighted by Gasteiger charge is 2.28. The number of ether oxygens (including phenoxy) is 1. The fourth-order valence-electron chi connectivity index (χ4n) is 2.39. The van der Waals surface area contributed by atoms with Crippen LogP contribution in [0.1, 0.15) is 52.4 Å². The zero-order valence-corrected chi connectivity index (χ0v) is 13.1. The number of nitrogens with one attached hydrogen (secondary N) is 2. The Morgan fingerprint density at radius 1 is 1.52 bits per heavy atom. The number of rotatable bonds is 3. The monoisotopic (exact) mass is 296 g/mol. The molecule has 118 valence electrons. The summed E-state index contributed by atoms with van der Waals surface area (Å²) in [6.45, 7) is 8.99. The van der Waals surface area contributed by atoms with Crippen molar-refractivity contribution < 1.29 is 9.53 Å². The number of likely N-dealkylation sites (tertiary alicyclic amines) is 1. The van der Waals surface area contributed by atoms with Crippen molar-refractivity contribution in [1.29, 1.82) is 0 Å². The average Bonchev–Trinajstić information content (AvgIpc) is 2.91. The molecule has 0 spiro atoms. The molecule has 2 unspecified atom stereocenters. The first kappa shape index (κ1) is 15.7. The van der Waals surface area contributed by atoms with E-state index >= 15 is 0 Å². The summed E-state index contributed by atoms with van der Waals surface area (Å²) in [4.78, 5) is 13.9. The van der Waals surface area contributed by atoms with Gasteiger partial charge in [0.15, 0.2) is 5.82 Å². The van der Waals surface area contributed by atoms with E-state index in [-0.39, 0.29) is 18.2 Å². The Kier molecular flexibility index (Phi) is 4.76. The zero-order valence-electron chi connectivity index (χ0n) is 13.1. The van der Waals surface area contributed by atoms with Gasteiger partial charge in [0.1, 0.15) is 5.60 Å². The number of aromatic nitrogens is 4. The lowest BCUT2D eigenvalue weighted by molar-refractivity contribution is 0.0183. The number of hydrogen-bond acceptors (Lipinski definition) is 6. The van der Waals surface area contributed by atoms with Crippen LogP contribution in [0.2, 0.25) is 0 Å². The number of nitrogens with zero attached hydrogens (tertiary/aromatic N) is 4. The van der Waals surface area contributed by atoms with Gasteiger partial charge in [0, 0.05) is 19.1 Å². The van der Waals surface area contributed by atoms with Crippen LogP contribution in [0.25, 0.3) is 0 Å². The van der Waals surface area contributed by atoms with Crippen molar-refractivity contribution in [1.82, 2.24) is 30.8 Å². The van der Waals surface area contributed by atoms with Gasteiger partial charge in [-0.05, 0) is 40.5 Å². The molecule has 2 heterocycles. The summed E-state index contributed by atoms with van der Waals surface area (Å²) in [6.07, 6.45) is 1.72. The maximum absolute atomic E-state index is 12.1. The van der Waals surface area contributed by atoms with Crippen molar-refractivity contribution in [2.75, 3.05) is 13.1 Å². The molecule has 8 nitrogen and oxygen atoms in total. The smallest absolute Gasteiger partial charge is 0.410 e. The number of H-pyrrole nitrogens is 1. The highest BCUT2D eigenvalue weighted by atomic mass is 16.6. The third-order valence-electron chi connectivity index (χ3n) is 3.31. The molecule has 0 bridgehead atoms. The van der Waals surface area contributed by atoms with Gasteiger partial charge >= 0.3 is 6.09 Å². The van der Waals surface area contributed by atoms with Crippen molar-refractivity contribution in [3.8, 4) is 0 Å². The molecule has 1 saturated heterocycles. The quantitative estimate of drug-likeness (QED) is 0.871. The Labute approximate surface area is 124 Å². The Balaban J connectivity index is 1.87. The number of piperidine rings is 1. The summed E-state index contributed by atoms with van der Waals surface area (Å²) in [5, 5.41) is 17.4. The maximum atomic E-state index is 12.1. The Hall–Kier alpha value is -1.70. The van der Waals surface area contributed by atoms with Gasteiger partial charge in [-0.15, -0.1) is 10.2 Å². The standard InChI is InChI=1S/C13H24N6O2/c1-9(11-15-17-18-16-11)14-10-6-5-7-19(8-10)12(20)21-13(2,3)4/h9-10,14H,5-8H2,1-4H3,(H,15,16,17,18). The van der Waals surface area contributed by atoms with Gasteiger partial charge in [-0.25, -0.2) is 4.79 Å². The Bertz CT molecular complexity index is 456. The van der Waals surface area contributed by atoms with Gasteiger partial charge < -0.3 is 15.0 Å². The van der Waals surface area contributed by atoms with E-state index in [1.807, 2.05) is 27.7 Å².